The van der Waals surface area contributed by atoms with E-state index < -0.39 is 5.38 Å². The second-order valence-corrected chi connectivity index (χ2v) is 6.07. The maximum Gasteiger partial charge on any atom is 0.242 e. The van der Waals surface area contributed by atoms with Crippen molar-refractivity contribution in [3.63, 3.8) is 0 Å². The Morgan fingerprint density at radius 3 is 2.33 bits per heavy atom. The van der Waals surface area contributed by atoms with Crippen LogP contribution in [0.15, 0.2) is 30.3 Å². The van der Waals surface area contributed by atoms with Crippen LogP contribution in [0.1, 0.15) is 38.6 Å². The highest BCUT2D eigenvalue weighted by Crippen LogP contribution is 2.26. The highest BCUT2D eigenvalue weighted by molar-refractivity contribution is 6.30. The van der Waals surface area contributed by atoms with E-state index in [4.69, 9.17) is 11.6 Å². The number of hydrogen-bond donors (Lipinski definition) is 1. The maximum atomic E-state index is 12.0. The topological polar surface area (TPSA) is 29.1 Å². The van der Waals surface area contributed by atoms with Crippen molar-refractivity contribution >= 4 is 17.5 Å². The van der Waals surface area contributed by atoms with Gasteiger partial charge in [-0.25, -0.2) is 0 Å². The van der Waals surface area contributed by atoms with Crippen molar-refractivity contribution in [2.45, 2.75) is 33.1 Å². The van der Waals surface area contributed by atoms with Gasteiger partial charge in [0.25, 0.3) is 0 Å². The molecule has 0 saturated carbocycles. The molecule has 3 heteroatoms. The lowest BCUT2D eigenvalue weighted by Gasteiger charge is -2.29. The van der Waals surface area contributed by atoms with Crippen LogP contribution < -0.4 is 5.32 Å². The predicted octanol–water partition coefficient (Wildman–Crippen LogP) is 3.76. The van der Waals surface area contributed by atoms with Crippen LogP contribution in [-0.4, -0.2) is 12.5 Å². The minimum Gasteiger partial charge on any atom is -0.354 e. The smallest absolute Gasteiger partial charge is 0.242 e. The zero-order valence-electron chi connectivity index (χ0n) is 11.5. The third-order valence-electron chi connectivity index (χ3n) is 3.60. The molecule has 1 aromatic carbocycles. The van der Waals surface area contributed by atoms with E-state index in [1.807, 2.05) is 30.3 Å². The zero-order valence-corrected chi connectivity index (χ0v) is 12.3. The van der Waals surface area contributed by atoms with Gasteiger partial charge < -0.3 is 5.32 Å². The van der Waals surface area contributed by atoms with Gasteiger partial charge in [0.2, 0.25) is 5.91 Å². The second-order valence-electron chi connectivity index (χ2n) is 5.63. The molecular formula is C15H22ClNO. The molecule has 0 bridgehead atoms. The number of alkyl halides is 1. The normalized spacial score (nSPS) is 13.4. The Bertz CT molecular complexity index is 387. The molecule has 100 valence electrons. The molecule has 1 unspecified atom stereocenters. The molecular weight excluding hydrogens is 246 g/mol. The molecule has 1 rings (SSSR count). The Morgan fingerprint density at radius 2 is 1.83 bits per heavy atom. The summed E-state index contributed by atoms with van der Waals surface area (Å²) in [6.07, 6.45) is 0. The number of carbonyl (C=O) groups is 1. The lowest BCUT2D eigenvalue weighted by atomic mass is 9.81. The number of carbonyl (C=O) groups excluding carboxylic acids is 1. The van der Waals surface area contributed by atoms with Gasteiger partial charge in [0.15, 0.2) is 0 Å². The van der Waals surface area contributed by atoms with Crippen LogP contribution in [0.3, 0.4) is 0 Å². The molecule has 1 aromatic rings. The third kappa shape index (κ3) is 4.02. The van der Waals surface area contributed by atoms with Crippen molar-refractivity contribution in [3.8, 4) is 0 Å². The van der Waals surface area contributed by atoms with Crippen molar-refractivity contribution in [1.29, 1.82) is 0 Å². The first-order valence-electron chi connectivity index (χ1n) is 6.31. The van der Waals surface area contributed by atoms with Gasteiger partial charge in [0.05, 0.1) is 0 Å². The van der Waals surface area contributed by atoms with Gasteiger partial charge in [-0.2, -0.15) is 0 Å². The first-order chi connectivity index (χ1) is 8.34. The van der Waals surface area contributed by atoms with Crippen molar-refractivity contribution < 1.29 is 4.79 Å². The largest absolute Gasteiger partial charge is 0.354 e. The Kier molecular flexibility index (Phi) is 5.21. The van der Waals surface area contributed by atoms with E-state index in [0.29, 0.717) is 12.5 Å². The van der Waals surface area contributed by atoms with Gasteiger partial charge >= 0.3 is 0 Å². The molecule has 0 radical (unpaired) electrons. The standard InChI is InChI=1S/C15H22ClNO/c1-11(2)15(3,4)10-17-14(18)13(16)12-8-6-5-7-9-12/h5-9,11,13H,10H2,1-4H3,(H,17,18). The molecule has 0 heterocycles. The van der Waals surface area contributed by atoms with Gasteiger partial charge in [0.1, 0.15) is 5.38 Å². The van der Waals surface area contributed by atoms with Crippen molar-refractivity contribution in [2.24, 2.45) is 11.3 Å². The first kappa shape index (κ1) is 15.0. The van der Waals surface area contributed by atoms with Crippen LogP contribution in [0.4, 0.5) is 0 Å². The molecule has 1 amide bonds. The number of amides is 1. The van der Waals surface area contributed by atoms with E-state index in [9.17, 15) is 4.79 Å². The van der Waals surface area contributed by atoms with Crippen LogP contribution in [0, 0.1) is 11.3 Å². The van der Waals surface area contributed by atoms with Crippen LogP contribution in [-0.2, 0) is 4.79 Å². The summed E-state index contributed by atoms with van der Waals surface area (Å²) in [5.41, 5.74) is 0.905. The second kappa shape index (κ2) is 6.24. The summed E-state index contributed by atoms with van der Waals surface area (Å²) >= 11 is 6.15. The summed E-state index contributed by atoms with van der Waals surface area (Å²) < 4.78 is 0. The molecule has 18 heavy (non-hydrogen) atoms. The lowest BCUT2D eigenvalue weighted by Crippen LogP contribution is -2.38. The van der Waals surface area contributed by atoms with Gasteiger partial charge in [-0.3, -0.25) is 4.79 Å². The highest BCUT2D eigenvalue weighted by Gasteiger charge is 2.25. The van der Waals surface area contributed by atoms with Crippen LogP contribution >= 0.6 is 11.6 Å². The summed E-state index contributed by atoms with van der Waals surface area (Å²) in [7, 11) is 0. The predicted molar refractivity (Wildman–Crippen MR) is 76.7 cm³/mol. The SMILES string of the molecule is CC(C)C(C)(C)CNC(=O)C(Cl)c1ccccc1. The minimum atomic E-state index is -0.617. The molecule has 0 aliphatic carbocycles. The average molecular weight is 268 g/mol. The van der Waals surface area contributed by atoms with E-state index in [2.05, 4.69) is 33.0 Å². The molecule has 0 fully saturated rings. The molecule has 0 spiro atoms. The van der Waals surface area contributed by atoms with Crippen LogP contribution in [0.25, 0.3) is 0 Å². The quantitative estimate of drug-likeness (QED) is 0.809. The summed E-state index contributed by atoms with van der Waals surface area (Å²) in [6.45, 7) is 9.23. The van der Waals surface area contributed by atoms with E-state index in [1.54, 1.807) is 0 Å². The monoisotopic (exact) mass is 267 g/mol. The Labute approximate surface area is 115 Å². The lowest BCUT2D eigenvalue weighted by molar-refractivity contribution is -0.121. The molecule has 0 saturated heterocycles. The number of rotatable bonds is 5. The molecule has 1 N–H and O–H groups in total. The first-order valence-corrected chi connectivity index (χ1v) is 6.75. The van der Waals surface area contributed by atoms with E-state index in [1.165, 1.54) is 0 Å². The number of hydrogen-bond acceptors (Lipinski definition) is 1. The van der Waals surface area contributed by atoms with Crippen molar-refractivity contribution in [2.75, 3.05) is 6.54 Å². The summed E-state index contributed by atoms with van der Waals surface area (Å²) in [5, 5.41) is 2.32. The minimum absolute atomic E-state index is 0.0724. The van der Waals surface area contributed by atoms with E-state index in [0.717, 1.165) is 5.56 Å². The highest BCUT2D eigenvalue weighted by atomic mass is 35.5. The number of halogens is 1. The molecule has 2 nitrogen and oxygen atoms in total. The van der Waals surface area contributed by atoms with Gasteiger partial charge in [-0.1, -0.05) is 58.0 Å². The van der Waals surface area contributed by atoms with Crippen molar-refractivity contribution in [1.82, 2.24) is 5.32 Å². The van der Waals surface area contributed by atoms with Gasteiger partial charge in [-0.05, 0) is 16.9 Å². The number of benzene rings is 1. The molecule has 0 aromatic heterocycles. The van der Waals surface area contributed by atoms with E-state index >= 15 is 0 Å². The number of nitrogens with one attached hydrogen (secondary N) is 1. The van der Waals surface area contributed by atoms with Gasteiger partial charge in [0, 0.05) is 6.54 Å². The molecule has 1 atom stereocenters. The summed E-state index contributed by atoms with van der Waals surface area (Å²) in [4.78, 5) is 12.0. The Balaban J connectivity index is 2.57. The van der Waals surface area contributed by atoms with Crippen molar-refractivity contribution in [3.05, 3.63) is 35.9 Å². The fourth-order valence-corrected chi connectivity index (χ4v) is 1.60. The summed E-state index contributed by atoms with van der Waals surface area (Å²) in [6, 6.07) is 9.41. The Morgan fingerprint density at radius 1 is 1.28 bits per heavy atom. The van der Waals surface area contributed by atoms with Crippen LogP contribution in [0.5, 0.6) is 0 Å². The molecule has 0 aliphatic heterocycles. The zero-order chi connectivity index (χ0) is 13.8. The molecule has 0 aliphatic rings. The van der Waals surface area contributed by atoms with E-state index in [-0.39, 0.29) is 11.3 Å². The fraction of sp³-hybridized carbons (Fsp3) is 0.533. The average Bonchev–Trinajstić information content (AvgIpc) is 2.36. The third-order valence-corrected chi connectivity index (χ3v) is 4.05. The fourth-order valence-electron chi connectivity index (χ4n) is 1.38. The Hall–Kier alpha value is -1.02. The van der Waals surface area contributed by atoms with Gasteiger partial charge in [-0.15, -0.1) is 11.6 Å². The summed E-state index contributed by atoms with van der Waals surface area (Å²) in [5.74, 6) is 0.375. The maximum absolute atomic E-state index is 12.0. The van der Waals surface area contributed by atoms with Crippen LogP contribution in [0.2, 0.25) is 0 Å².